The van der Waals surface area contributed by atoms with Crippen molar-refractivity contribution in [2.75, 3.05) is 13.2 Å². The van der Waals surface area contributed by atoms with Gasteiger partial charge in [-0.2, -0.15) is 0 Å². The summed E-state index contributed by atoms with van der Waals surface area (Å²) < 4.78 is 44.5. The van der Waals surface area contributed by atoms with E-state index >= 15 is 0 Å². The highest BCUT2D eigenvalue weighted by Crippen LogP contribution is 2.22. The topological polar surface area (TPSA) is 93.7 Å². The number of ether oxygens (including phenoxy) is 2. The van der Waals surface area contributed by atoms with E-state index in [0.717, 1.165) is 30.7 Å². The molecule has 0 saturated carbocycles. The first-order chi connectivity index (χ1) is 12.1. The zero-order valence-corrected chi connectivity index (χ0v) is 14.2. The summed E-state index contributed by atoms with van der Waals surface area (Å²) in [4.78, 5) is 34.6. The molecule has 1 aromatic carbocycles. The summed E-state index contributed by atoms with van der Waals surface area (Å²) in [6.45, 7) is 3.64. The minimum Gasteiger partial charge on any atom is -0.452 e. The summed E-state index contributed by atoms with van der Waals surface area (Å²) >= 11 is 0. The monoisotopic (exact) mass is 376 g/mol. The normalized spacial score (nSPS) is 11.0. The van der Waals surface area contributed by atoms with Crippen molar-refractivity contribution in [1.29, 1.82) is 0 Å². The van der Waals surface area contributed by atoms with E-state index < -0.39 is 36.6 Å². The van der Waals surface area contributed by atoms with Gasteiger partial charge in [-0.3, -0.25) is 10.1 Å². The van der Waals surface area contributed by atoms with Crippen LogP contribution in [0, 0.1) is 5.92 Å². The number of nitrogens with one attached hydrogen (secondary N) is 2. The average molecular weight is 376 g/mol. The molecule has 0 bridgehead atoms. The number of alkyl halides is 3. The maximum absolute atomic E-state index is 12.0. The van der Waals surface area contributed by atoms with Crippen molar-refractivity contribution in [2.45, 2.75) is 26.6 Å². The van der Waals surface area contributed by atoms with Gasteiger partial charge in [0.2, 0.25) is 0 Å². The average Bonchev–Trinajstić information content (AvgIpc) is 2.51. The number of rotatable bonds is 7. The van der Waals surface area contributed by atoms with E-state index in [1.54, 1.807) is 0 Å². The molecule has 3 amide bonds. The number of benzene rings is 1. The van der Waals surface area contributed by atoms with Gasteiger partial charge >= 0.3 is 18.4 Å². The number of urea groups is 1. The molecule has 1 rings (SSSR count). The SMILES string of the molecule is CC(C)CCNC(=O)NC(=O)COC(=O)c1ccc(OC(F)(F)F)cc1. The predicted molar refractivity (Wildman–Crippen MR) is 84.4 cm³/mol. The number of halogens is 3. The minimum absolute atomic E-state index is 0.0753. The van der Waals surface area contributed by atoms with E-state index in [1.165, 1.54) is 0 Å². The number of amides is 3. The van der Waals surface area contributed by atoms with Crippen molar-refractivity contribution in [3.05, 3.63) is 29.8 Å². The van der Waals surface area contributed by atoms with Crippen molar-refractivity contribution in [2.24, 2.45) is 5.92 Å². The minimum atomic E-state index is -4.84. The highest BCUT2D eigenvalue weighted by molar-refractivity contribution is 5.97. The van der Waals surface area contributed by atoms with Crippen LogP contribution in [0.15, 0.2) is 24.3 Å². The summed E-state index contributed by atoms with van der Waals surface area (Å²) in [5, 5.41) is 4.46. The Morgan fingerprint density at radius 2 is 1.73 bits per heavy atom. The van der Waals surface area contributed by atoms with Crippen LogP contribution in [0.3, 0.4) is 0 Å². The number of carbonyl (C=O) groups is 3. The molecule has 7 nitrogen and oxygen atoms in total. The second-order valence-electron chi connectivity index (χ2n) is 5.63. The van der Waals surface area contributed by atoms with Gasteiger partial charge in [0.15, 0.2) is 6.61 Å². The van der Waals surface area contributed by atoms with Crippen LogP contribution in [0.4, 0.5) is 18.0 Å². The molecule has 0 radical (unpaired) electrons. The molecule has 0 saturated heterocycles. The number of hydrogen-bond donors (Lipinski definition) is 2. The molecule has 0 aliphatic carbocycles. The van der Waals surface area contributed by atoms with E-state index in [2.05, 4.69) is 14.8 Å². The van der Waals surface area contributed by atoms with Crippen LogP contribution in [0.25, 0.3) is 0 Å². The number of hydrogen-bond acceptors (Lipinski definition) is 5. The fourth-order valence-electron chi connectivity index (χ4n) is 1.69. The summed E-state index contributed by atoms with van der Waals surface area (Å²) in [5.41, 5.74) is -0.0753. The van der Waals surface area contributed by atoms with Crippen molar-refractivity contribution in [3.63, 3.8) is 0 Å². The van der Waals surface area contributed by atoms with Crippen LogP contribution in [0.1, 0.15) is 30.6 Å². The second-order valence-corrected chi connectivity index (χ2v) is 5.63. The molecule has 0 aromatic heterocycles. The summed E-state index contributed by atoms with van der Waals surface area (Å²) in [6, 6.07) is 3.28. The van der Waals surface area contributed by atoms with Gasteiger partial charge in [-0.1, -0.05) is 13.8 Å². The van der Waals surface area contributed by atoms with Crippen molar-refractivity contribution in [3.8, 4) is 5.75 Å². The molecule has 0 atom stereocenters. The first-order valence-corrected chi connectivity index (χ1v) is 7.67. The van der Waals surface area contributed by atoms with E-state index in [-0.39, 0.29) is 5.56 Å². The maximum atomic E-state index is 12.0. The molecule has 0 aliphatic rings. The number of esters is 1. The van der Waals surface area contributed by atoms with Crippen LogP contribution in [0.5, 0.6) is 5.75 Å². The lowest BCUT2D eigenvalue weighted by Gasteiger charge is -2.10. The molecule has 0 fully saturated rings. The lowest BCUT2D eigenvalue weighted by Crippen LogP contribution is -2.41. The molecular formula is C16H19F3N2O5. The fraction of sp³-hybridized carbons (Fsp3) is 0.438. The fourth-order valence-corrected chi connectivity index (χ4v) is 1.69. The number of imide groups is 1. The van der Waals surface area contributed by atoms with Crippen LogP contribution in [0.2, 0.25) is 0 Å². The molecule has 0 aliphatic heterocycles. The maximum Gasteiger partial charge on any atom is 0.573 e. The highest BCUT2D eigenvalue weighted by Gasteiger charge is 2.31. The molecule has 0 unspecified atom stereocenters. The molecule has 144 valence electrons. The standard InChI is InChI=1S/C16H19F3N2O5/c1-10(2)7-8-20-15(24)21-13(22)9-25-14(23)11-3-5-12(6-4-11)26-16(17,18)19/h3-6,10H,7-9H2,1-2H3,(H2,20,21,22,24). The Kier molecular flexibility index (Phi) is 7.88. The molecule has 2 N–H and O–H groups in total. The smallest absolute Gasteiger partial charge is 0.452 e. The summed E-state index contributed by atoms with van der Waals surface area (Å²) in [7, 11) is 0. The molecular weight excluding hydrogens is 357 g/mol. The number of carbonyl (C=O) groups excluding carboxylic acids is 3. The molecule has 10 heteroatoms. The van der Waals surface area contributed by atoms with Crippen molar-refractivity contribution < 1.29 is 37.0 Å². The van der Waals surface area contributed by atoms with Gasteiger partial charge in [-0.25, -0.2) is 9.59 Å². The Bertz CT molecular complexity index is 630. The Labute approximate surface area is 147 Å². The van der Waals surface area contributed by atoms with Crippen molar-refractivity contribution >= 4 is 17.9 Å². The van der Waals surface area contributed by atoms with Crippen molar-refractivity contribution in [1.82, 2.24) is 10.6 Å². The third-order valence-corrected chi connectivity index (χ3v) is 2.92. The van der Waals surface area contributed by atoms with E-state index in [1.807, 2.05) is 19.2 Å². The lowest BCUT2D eigenvalue weighted by molar-refractivity contribution is -0.274. The molecule has 0 spiro atoms. The molecule has 1 aromatic rings. The van der Waals surface area contributed by atoms with Crippen LogP contribution in [-0.2, 0) is 9.53 Å². The van der Waals surface area contributed by atoms with Crippen LogP contribution >= 0.6 is 0 Å². The first-order valence-electron chi connectivity index (χ1n) is 7.67. The van der Waals surface area contributed by atoms with E-state index in [9.17, 15) is 27.6 Å². The van der Waals surface area contributed by atoms with E-state index in [4.69, 9.17) is 0 Å². The Morgan fingerprint density at radius 3 is 2.27 bits per heavy atom. The third kappa shape index (κ3) is 8.90. The quantitative estimate of drug-likeness (QED) is 0.714. The Morgan fingerprint density at radius 1 is 1.12 bits per heavy atom. The van der Waals surface area contributed by atoms with Gasteiger partial charge in [0.25, 0.3) is 5.91 Å². The van der Waals surface area contributed by atoms with Crippen LogP contribution in [-0.4, -0.2) is 37.4 Å². The van der Waals surface area contributed by atoms with Gasteiger partial charge in [-0.15, -0.1) is 13.2 Å². The third-order valence-electron chi connectivity index (χ3n) is 2.92. The van der Waals surface area contributed by atoms with Gasteiger partial charge in [0, 0.05) is 6.54 Å². The Hall–Kier alpha value is -2.78. The Balaban J connectivity index is 2.39. The first kappa shape index (κ1) is 21.3. The van der Waals surface area contributed by atoms with Crippen LogP contribution < -0.4 is 15.4 Å². The highest BCUT2D eigenvalue weighted by atomic mass is 19.4. The molecule has 26 heavy (non-hydrogen) atoms. The van der Waals surface area contributed by atoms with Gasteiger partial charge < -0.3 is 14.8 Å². The largest absolute Gasteiger partial charge is 0.573 e. The molecule has 0 heterocycles. The van der Waals surface area contributed by atoms with Gasteiger partial charge in [-0.05, 0) is 36.6 Å². The zero-order chi connectivity index (χ0) is 19.7. The van der Waals surface area contributed by atoms with E-state index in [0.29, 0.717) is 12.5 Å². The predicted octanol–water partition coefficient (Wildman–Crippen LogP) is 2.61. The lowest BCUT2D eigenvalue weighted by atomic mass is 10.1. The summed E-state index contributed by atoms with van der Waals surface area (Å²) in [5.74, 6) is -1.87. The van der Waals surface area contributed by atoms with Gasteiger partial charge in [0.1, 0.15) is 5.75 Å². The summed E-state index contributed by atoms with van der Waals surface area (Å²) in [6.07, 6.45) is -4.10. The van der Waals surface area contributed by atoms with Gasteiger partial charge in [0.05, 0.1) is 5.56 Å². The second kappa shape index (κ2) is 9.64. The zero-order valence-electron chi connectivity index (χ0n) is 14.2.